The summed E-state index contributed by atoms with van der Waals surface area (Å²) in [4.78, 5) is 10.9. The Morgan fingerprint density at radius 1 is 1.65 bits per heavy atom. The Bertz CT molecular complexity index is 475. The Morgan fingerprint density at radius 3 is 2.94 bits per heavy atom. The summed E-state index contributed by atoms with van der Waals surface area (Å²) >= 11 is 3.36. The van der Waals surface area contributed by atoms with Crippen LogP contribution in [-0.2, 0) is 17.8 Å². The van der Waals surface area contributed by atoms with Crippen LogP contribution in [0.4, 0.5) is 0 Å². The predicted molar refractivity (Wildman–Crippen MR) is 64.3 cm³/mol. The van der Waals surface area contributed by atoms with E-state index in [-0.39, 0.29) is 5.75 Å². The summed E-state index contributed by atoms with van der Waals surface area (Å²) in [6.07, 6.45) is 0.348. The van der Waals surface area contributed by atoms with Crippen LogP contribution in [-0.4, -0.2) is 29.3 Å². The van der Waals surface area contributed by atoms with E-state index >= 15 is 0 Å². The number of aliphatic carboxylic acids is 1. The lowest BCUT2D eigenvalue weighted by Crippen LogP contribution is -2.41. The second kappa shape index (κ2) is 4.54. The van der Waals surface area contributed by atoms with Crippen LogP contribution in [0.15, 0.2) is 10.5 Å². The number of benzene rings is 1. The number of halogens is 1. The maximum Gasteiger partial charge on any atom is 0.321 e. The van der Waals surface area contributed by atoms with Gasteiger partial charge in [0.15, 0.2) is 11.5 Å². The number of methoxy groups -OCH3 is 1. The Labute approximate surface area is 107 Å². The van der Waals surface area contributed by atoms with Crippen molar-refractivity contribution in [2.24, 2.45) is 0 Å². The zero-order valence-corrected chi connectivity index (χ0v) is 10.7. The molecule has 3 N–H and O–H groups in total. The fourth-order valence-electron chi connectivity index (χ4n) is 1.97. The molecular formula is C11H12BrNO4. The monoisotopic (exact) mass is 301 g/mol. The molecule has 1 heterocycles. The quantitative estimate of drug-likeness (QED) is 0.766. The molecular weight excluding hydrogens is 290 g/mol. The highest BCUT2D eigenvalue weighted by Gasteiger charge is 2.27. The van der Waals surface area contributed by atoms with E-state index in [4.69, 9.17) is 9.84 Å². The Morgan fingerprint density at radius 2 is 2.35 bits per heavy atom. The van der Waals surface area contributed by atoms with Crippen LogP contribution in [0.1, 0.15) is 11.1 Å². The molecule has 0 radical (unpaired) electrons. The molecule has 1 aromatic rings. The first-order valence-electron chi connectivity index (χ1n) is 5.08. The molecule has 0 saturated heterocycles. The minimum absolute atomic E-state index is 0.0177. The number of phenols is 1. The maximum absolute atomic E-state index is 10.9. The second-order valence-corrected chi connectivity index (χ2v) is 4.65. The van der Waals surface area contributed by atoms with Crippen molar-refractivity contribution in [2.75, 3.05) is 7.11 Å². The van der Waals surface area contributed by atoms with Crippen molar-refractivity contribution >= 4 is 21.9 Å². The zero-order chi connectivity index (χ0) is 12.6. The summed E-state index contributed by atoms with van der Waals surface area (Å²) in [5, 5.41) is 21.6. The average Bonchev–Trinajstić information content (AvgIpc) is 2.28. The SMILES string of the molecule is COc1c(O)cc2c(c1Br)CNC(C(=O)O)C2. The zero-order valence-electron chi connectivity index (χ0n) is 9.16. The number of nitrogens with one attached hydrogen (secondary N) is 1. The molecule has 1 aromatic carbocycles. The van der Waals surface area contributed by atoms with Gasteiger partial charge in [0.25, 0.3) is 0 Å². The van der Waals surface area contributed by atoms with E-state index in [0.717, 1.165) is 11.1 Å². The number of carboxylic acid groups (broad SMARTS) is 1. The van der Waals surface area contributed by atoms with E-state index in [1.165, 1.54) is 7.11 Å². The number of hydrogen-bond donors (Lipinski definition) is 3. The van der Waals surface area contributed by atoms with Crippen LogP contribution in [0, 0.1) is 0 Å². The van der Waals surface area contributed by atoms with Crippen LogP contribution in [0.3, 0.4) is 0 Å². The maximum atomic E-state index is 10.9. The van der Waals surface area contributed by atoms with Gasteiger partial charge in [-0.2, -0.15) is 0 Å². The van der Waals surface area contributed by atoms with Gasteiger partial charge in [-0.3, -0.25) is 10.1 Å². The van der Waals surface area contributed by atoms with Crippen molar-refractivity contribution < 1.29 is 19.7 Å². The first-order valence-corrected chi connectivity index (χ1v) is 5.87. The molecule has 0 bridgehead atoms. The highest BCUT2D eigenvalue weighted by molar-refractivity contribution is 9.10. The van der Waals surface area contributed by atoms with Gasteiger partial charge in [0.05, 0.1) is 11.6 Å². The van der Waals surface area contributed by atoms with Crippen LogP contribution in [0.2, 0.25) is 0 Å². The normalized spacial score (nSPS) is 18.6. The van der Waals surface area contributed by atoms with Gasteiger partial charge in [-0.25, -0.2) is 0 Å². The second-order valence-electron chi connectivity index (χ2n) is 3.86. The Balaban J connectivity index is 2.44. The minimum Gasteiger partial charge on any atom is -0.504 e. The molecule has 92 valence electrons. The van der Waals surface area contributed by atoms with Gasteiger partial charge in [0.1, 0.15) is 6.04 Å². The van der Waals surface area contributed by atoms with E-state index in [0.29, 0.717) is 23.2 Å². The van der Waals surface area contributed by atoms with E-state index in [2.05, 4.69) is 21.2 Å². The Hall–Kier alpha value is -1.27. The van der Waals surface area contributed by atoms with Crippen LogP contribution in [0.5, 0.6) is 11.5 Å². The standard InChI is InChI=1S/C11H12BrNO4/c1-17-10-8(14)3-5-2-7(11(15)16)13-4-6(5)9(10)12/h3,7,13-14H,2,4H2,1H3,(H,15,16). The van der Waals surface area contributed by atoms with Crippen molar-refractivity contribution in [1.82, 2.24) is 5.32 Å². The lowest BCUT2D eigenvalue weighted by atomic mass is 9.95. The third-order valence-electron chi connectivity index (χ3n) is 2.85. The molecule has 0 spiro atoms. The van der Waals surface area contributed by atoms with E-state index in [9.17, 15) is 9.90 Å². The number of hydrogen-bond acceptors (Lipinski definition) is 4. The first-order chi connectivity index (χ1) is 8.04. The third kappa shape index (κ3) is 2.10. The number of ether oxygens (including phenoxy) is 1. The molecule has 0 amide bonds. The summed E-state index contributed by atoms with van der Waals surface area (Å²) in [5.74, 6) is -0.495. The van der Waals surface area contributed by atoms with E-state index < -0.39 is 12.0 Å². The molecule has 0 aromatic heterocycles. The highest BCUT2D eigenvalue weighted by atomic mass is 79.9. The lowest BCUT2D eigenvalue weighted by molar-refractivity contribution is -0.139. The van der Waals surface area contributed by atoms with E-state index in [1.807, 2.05) is 0 Å². The minimum atomic E-state index is -0.887. The predicted octanol–water partition coefficient (Wildman–Crippen LogP) is 1.26. The number of aromatic hydroxyl groups is 1. The van der Waals surface area contributed by atoms with Crippen molar-refractivity contribution in [3.8, 4) is 11.5 Å². The largest absolute Gasteiger partial charge is 0.504 e. The fourth-order valence-corrected chi connectivity index (χ4v) is 2.73. The van der Waals surface area contributed by atoms with Gasteiger partial charge < -0.3 is 14.9 Å². The summed E-state index contributed by atoms with van der Waals surface area (Å²) in [6.45, 7) is 0.434. The first kappa shape index (κ1) is 12.2. The number of phenolic OH excluding ortho intramolecular Hbond substituents is 1. The smallest absolute Gasteiger partial charge is 0.321 e. The highest BCUT2D eigenvalue weighted by Crippen LogP contribution is 2.40. The number of carboxylic acids is 1. The number of rotatable bonds is 2. The van der Waals surface area contributed by atoms with E-state index in [1.54, 1.807) is 6.07 Å². The molecule has 1 aliphatic heterocycles. The summed E-state index contributed by atoms with van der Waals surface area (Å²) in [7, 11) is 1.47. The molecule has 0 saturated carbocycles. The molecule has 1 unspecified atom stereocenters. The van der Waals surface area contributed by atoms with Gasteiger partial charge in [-0.05, 0) is 39.5 Å². The topological polar surface area (TPSA) is 78.8 Å². The van der Waals surface area contributed by atoms with Crippen LogP contribution < -0.4 is 10.1 Å². The van der Waals surface area contributed by atoms with Crippen LogP contribution >= 0.6 is 15.9 Å². The molecule has 17 heavy (non-hydrogen) atoms. The number of carbonyl (C=O) groups is 1. The van der Waals surface area contributed by atoms with Crippen molar-refractivity contribution in [3.63, 3.8) is 0 Å². The Kier molecular flexibility index (Phi) is 3.26. The van der Waals surface area contributed by atoms with Gasteiger partial charge in [0, 0.05) is 6.54 Å². The average molecular weight is 302 g/mol. The van der Waals surface area contributed by atoms with Crippen molar-refractivity contribution in [1.29, 1.82) is 0 Å². The summed E-state index contributed by atoms with van der Waals surface area (Å²) in [6, 6.07) is 0.956. The molecule has 5 nitrogen and oxygen atoms in total. The number of fused-ring (bicyclic) bond motifs is 1. The molecule has 0 fully saturated rings. The molecule has 6 heteroatoms. The lowest BCUT2D eigenvalue weighted by Gasteiger charge is -2.25. The van der Waals surface area contributed by atoms with Crippen LogP contribution in [0.25, 0.3) is 0 Å². The summed E-state index contributed by atoms with van der Waals surface area (Å²) < 4.78 is 5.75. The van der Waals surface area contributed by atoms with Gasteiger partial charge in [-0.1, -0.05) is 0 Å². The molecule has 1 atom stereocenters. The van der Waals surface area contributed by atoms with Crippen molar-refractivity contribution in [2.45, 2.75) is 19.0 Å². The molecule has 1 aliphatic rings. The van der Waals surface area contributed by atoms with Crippen molar-refractivity contribution in [3.05, 3.63) is 21.7 Å². The third-order valence-corrected chi connectivity index (χ3v) is 3.69. The van der Waals surface area contributed by atoms with Gasteiger partial charge >= 0.3 is 5.97 Å². The summed E-state index contributed by atoms with van der Waals surface area (Å²) in [5.41, 5.74) is 1.75. The van der Waals surface area contributed by atoms with Gasteiger partial charge in [-0.15, -0.1) is 0 Å². The van der Waals surface area contributed by atoms with Gasteiger partial charge in [0.2, 0.25) is 0 Å². The fraction of sp³-hybridized carbons (Fsp3) is 0.364. The molecule has 2 rings (SSSR count). The molecule has 0 aliphatic carbocycles.